The van der Waals surface area contributed by atoms with E-state index in [2.05, 4.69) is 71.6 Å². The van der Waals surface area contributed by atoms with Crippen LogP contribution >= 0.6 is 11.3 Å². The van der Waals surface area contributed by atoms with Gasteiger partial charge in [-0.15, -0.1) is 11.3 Å². The van der Waals surface area contributed by atoms with E-state index in [1.165, 1.54) is 14.9 Å². The topological polar surface area (TPSA) is 55.1 Å². The number of benzene rings is 5. The van der Waals surface area contributed by atoms with Gasteiger partial charge in [0.1, 0.15) is 11.2 Å². The lowest BCUT2D eigenvalue weighted by Crippen LogP contribution is -2.55. The fraction of sp³-hybridized carbons (Fsp3) is 0. The largest absolute Gasteiger partial charge is 0.468 e. The van der Waals surface area contributed by atoms with Crippen molar-refractivity contribution in [2.45, 2.75) is 0 Å². The lowest BCUT2D eigenvalue weighted by molar-refractivity contribution is 0.651. The van der Waals surface area contributed by atoms with Crippen molar-refractivity contribution in [1.29, 1.82) is 0 Å². The van der Waals surface area contributed by atoms with Crippen LogP contribution < -0.4 is 20.8 Å². The number of hydrogen-bond acceptors (Lipinski definition) is 6. The zero-order chi connectivity index (χ0) is 29.0. The maximum Gasteiger partial charge on any atom is 0.305 e. The molecule has 0 aliphatic carbocycles. The van der Waals surface area contributed by atoms with Gasteiger partial charge in [0.2, 0.25) is 5.95 Å². The zero-order valence-corrected chi connectivity index (χ0v) is 24.3. The third-order valence-electron chi connectivity index (χ3n) is 8.18. The Morgan fingerprint density at radius 1 is 0.545 bits per heavy atom. The van der Waals surface area contributed by atoms with Crippen LogP contribution in [-0.4, -0.2) is 21.7 Å². The van der Waals surface area contributed by atoms with Crippen molar-refractivity contribution in [3.8, 4) is 22.8 Å². The maximum absolute atomic E-state index is 6.79. The third-order valence-corrected chi connectivity index (χ3v) is 9.41. The average Bonchev–Trinajstić information content (AvgIpc) is 3.67. The van der Waals surface area contributed by atoms with Gasteiger partial charge in [-0.05, 0) is 18.2 Å². The zero-order valence-electron chi connectivity index (χ0n) is 23.5. The lowest BCUT2D eigenvalue weighted by Gasteiger charge is -2.31. The summed E-state index contributed by atoms with van der Waals surface area (Å²) < 4.78 is 9.19. The Hall–Kier alpha value is -5.53. The van der Waals surface area contributed by atoms with E-state index in [0.29, 0.717) is 17.6 Å². The molecule has 5 nitrogen and oxygen atoms in total. The predicted molar refractivity (Wildman–Crippen MR) is 182 cm³/mol. The Morgan fingerprint density at radius 3 is 1.80 bits per heavy atom. The molecule has 0 N–H and O–H groups in total. The third kappa shape index (κ3) is 3.90. The second-order valence-electron chi connectivity index (χ2n) is 10.8. The molecule has 0 unspecified atom stereocenters. The number of para-hydroxylation sites is 1. The van der Waals surface area contributed by atoms with Crippen LogP contribution in [0.1, 0.15) is 0 Å². The number of hydrogen-bond donors (Lipinski definition) is 0. The SMILES string of the molecule is c1ccc(B2c3oc4ccccc4c3N(c3nc(-c4ccccc4)nc(-c4ccccc4)n3)c3c2sc2ccccc32)cc1. The van der Waals surface area contributed by atoms with Crippen LogP contribution in [0.4, 0.5) is 17.3 Å². The second kappa shape index (κ2) is 10.0. The Bertz CT molecular complexity index is 2160. The monoisotopic (exact) mass is 582 g/mol. The van der Waals surface area contributed by atoms with Gasteiger partial charge in [0.15, 0.2) is 11.6 Å². The summed E-state index contributed by atoms with van der Waals surface area (Å²) in [6.45, 7) is -0.0775. The highest BCUT2D eigenvalue weighted by atomic mass is 32.1. The highest BCUT2D eigenvalue weighted by Crippen LogP contribution is 2.45. The van der Waals surface area contributed by atoms with Crippen LogP contribution in [0.3, 0.4) is 0 Å². The molecule has 3 aromatic heterocycles. The minimum Gasteiger partial charge on any atom is -0.468 e. The van der Waals surface area contributed by atoms with Crippen molar-refractivity contribution in [2.24, 2.45) is 0 Å². The van der Waals surface area contributed by atoms with E-state index >= 15 is 0 Å². The highest BCUT2D eigenvalue weighted by molar-refractivity contribution is 7.33. The van der Waals surface area contributed by atoms with E-state index in [1.807, 2.05) is 72.8 Å². The van der Waals surface area contributed by atoms with E-state index in [0.717, 1.165) is 44.5 Å². The fourth-order valence-corrected chi connectivity index (χ4v) is 7.55. The molecule has 1 aliphatic rings. The number of furan rings is 1. The van der Waals surface area contributed by atoms with E-state index in [4.69, 9.17) is 19.4 Å². The molecule has 44 heavy (non-hydrogen) atoms. The van der Waals surface area contributed by atoms with Gasteiger partial charge in [0, 0.05) is 31.4 Å². The summed E-state index contributed by atoms with van der Waals surface area (Å²) in [6.07, 6.45) is 0. The van der Waals surface area contributed by atoms with Crippen LogP contribution in [0.15, 0.2) is 144 Å². The van der Waals surface area contributed by atoms with Crippen molar-refractivity contribution in [1.82, 2.24) is 15.0 Å². The normalized spacial score (nSPS) is 12.5. The van der Waals surface area contributed by atoms with E-state index < -0.39 is 0 Å². The molecule has 0 saturated heterocycles. The Balaban J connectivity index is 1.40. The van der Waals surface area contributed by atoms with Crippen molar-refractivity contribution in [2.75, 3.05) is 4.90 Å². The van der Waals surface area contributed by atoms with Gasteiger partial charge in [0.25, 0.3) is 0 Å². The van der Waals surface area contributed by atoms with Crippen molar-refractivity contribution in [3.63, 3.8) is 0 Å². The molecule has 0 saturated carbocycles. The minimum atomic E-state index is -0.0775. The van der Waals surface area contributed by atoms with Crippen molar-refractivity contribution in [3.05, 3.63) is 140 Å². The Morgan fingerprint density at radius 2 is 1.11 bits per heavy atom. The number of anilines is 3. The van der Waals surface area contributed by atoms with Gasteiger partial charge in [-0.3, -0.25) is 4.90 Å². The molecule has 8 aromatic rings. The van der Waals surface area contributed by atoms with Gasteiger partial charge in [0.05, 0.1) is 11.4 Å². The molecule has 7 heteroatoms. The van der Waals surface area contributed by atoms with Crippen LogP contribution in [0.25, 0.3) is 43.8 Å². The second-order valence-corrected chi connectivity index (χ2v) is 11.9. The molecule has 0 bridgehead atoms. The number of thiophene rings is 1. The van der Waals surface area contributed by atoms with E-state index in [-0.39, 0.29) is 6.71 Å². The first-order valence-electron chi connectivity index (χ1n) is 14.6. The summed E-state index contributed by atoms with van der Waals surface area (Å²) in [5, 5.41) is 2.18. The smallest absolute Gasteiger partial charge is 0.305 e. The molecule has 4 heterocycles. The first-order chi connectivity index (χ1) is 21.8. The van der Waals surface area contributed by atoms with Gasteiger partial charge in [-0.2, -0.15) is 9.97 Å². The number of aromatic nitrogens is 3. The number of nitrogens with zero attached hydrogens (tertiary/aromatic N) is 4. The summed E-state index contributed by atoms with van der Waals surface area (Å²) in [7, 11) is 0. The van der Waals surface area contributed by atoms with Crippen LogP contribution in [-0.2, 0) is 0 Å². The summed E-state index contributed by atoms with van der Waals surface area (Å²) in [6, 6.07) is 47.7. The molecule has 1 aliphatic heterocycles. The number of rotatable bonds is 4. The highest BCUT2D eigenvalue weighted by Gasteiger charge is 2.43. The summed E-state index contributed by atoms with van der Waals surface area (Å²) >= 11 is 1.80. The maximum atomic E-state index is 6.79. The number of fused-ring (bicyclic) bond motifs is 6. The van der Waals surface area contributed by atoms with E-state index in [1.54, 1.807) is 11.3 Å². The molecule has 0 fully saturated rings. The molecule has 9 rings (SSSR count). The van der Waals surface area contributed by atoms with Crippen LogP contribution in [0.5, 0.6) is 0 Å². The molecule has 0 atom stereocenters. The molecular weight excluding hydrogens is 559 g/mol. The Labute approximate surface area is 258 Å². The van der Waals surface area contributed by atoms with Gasteiger partial charge < -0.3 is 4.42 Å². The first-order valence-corrected chi connectivity index (χ1v) is 15.4. The molecule has 0 amide bonds. The van der Waals surface area contributed by atoms with Crippen LogP contribution in [0, 0.1) is 0 Å². The standard InChI is InChI=1S/C37H23BN4OS/c1-4-14-24(15-5-1)35-39-36(25-16-6-2-7-17-25)41-37(40-35)42-31-27-20-10-12-22-29(27)43-33(31)38(26-18-8-3-9-19-26)34-32(42)28-21-11-13-23-30(28)44-34/h1-23H. The quantitative estimate of drug-likeness (QED) is 0.202. The predicted octanol–water partition coefficient (Wildman–Crippen LogP) is 7.47. The molecular formula is C37H23BN4OS. The Kier molecular flexibility index (Phi) is 5.71. The van der Waals surface area contributed by atoms with Gasteiger partial charge in [-0.25, -0.2) is 4.98 Å². The fourth-order valence-electron chi connectivity index (χ4n) is 6.23. The van der Waals surface area contributed by atoms with Gasteiger partial charge >= 0.3 is 6.71 Å². The lowest BCUT2D eigenvalue weighted by atomic mass is 9.40. The summed E-state index contributed by atoms with van der Waals surface area (Å²) in [5.41, 5.74) is 6.83. The minimum absolute atomic E-state index is 0.0775. The van der Waals surface area contributed by atoms with E-state index in [9.17, 15) is 0 Å². The van der Waals surface area contributed by atoms with Gasteiger partial charge in [-0.1, -0.05) is 127 Å². The summed E-state index contributed by atoms with van der Waals surface area (Å²) in [5.74, 6) is 1.80. The molecule has 206 valence electrons. The average molecular weight is 582 g/mol. The van der Waals surface area contributed by atoms with Crippen molar-refractivity contribution >= 4 is 72.3 Å². The van der Waals surface area contributed by atoms with Crippen LogP contribution in [0.2, 0.25) is 0 Å². The first kappa shape index (κ1) is 25.0. The molecule has 0 spiro atoms. The van der Waals surface area contributed by atoms with Crippen molar-refractivity contribution < 1.29 is 4.42 Å². The molecule has 5 aromatic carbocycles. The molecule has 0 radical (unpaired) electrons. The summed E-state index contributed by atoms with van der Waals surface area (Å²) in [4.78, 5) is 17.6.